The maximum absolute atomic E-state index is 11.7. The van der Waals surface area contributed by atoms with Gasteiger partial charge in [-0.05, 0) is 6.42 Å². The average molecular weight is 226 g/mol. The van der Waals surface area contributed by atoms with Gasteiger partial charge in [0, 0.05) is 31.5 Å². The Morgan fingerprint density at radius 3 is 2.62 bits per heavy atom. The summed E-state index contributed by atoms with van der Waals surface area (Å²) in [6.07, 6.45) is 1.45. The highest BCUT2D eigenvalue weighted by molar-refractivity contribution is 5.96. The summed E-state index contributed by atoms with van der Waals surface area (Å²) in [7, 11) is 1.70. The number of carbonyl (C=O) groups is 2. The van der Waals surface area contributed by atoms with Crippen molar-refractivity contribution >= 4 is 11.9 Å². The standard InChI is InChI=1S/C11H18N2O3/c1-11(2)7(6-8(11)16-3)13-5-4-9(14)12-10(13)15/h7-8H,4-6H2,1-3H3,(H,12,14,15). The molecule has 0 aromatic heterocycles. The van der Waals surface area contributed by atoms with Crippen LogP contribution in [-0.4, -0.2) is 42.6 Å². The summed E-state index contributed by atoms with van der Waals surface area (Å²) in [6, 6.07) is -0.0885. The van der Waals surface area contributed by atoms with Crippen molar-refractivity contribution in [2.45, 2.75) is 38.8 Å². The van der Waals surface area contributed by atoms with Crippen LogP contribution in [0.1, 0.15) is 26.7 Å². The molecule has 2 aliphatic rings. The molecule has 1 N–H and O–H groups in total. The monoisotopic (exact) mass is 226 g/mol. The number of carbonyl (C=O) groups excluding carboxylic acids is 2. The van der Waals surface area contributed by atoms with Gasteiger partial charge in [-0.3, -0.25) is 10.1 Å². The van der Waals surface area contributed by atoms with Gasteiger partial charge >= 0.3 is 6.03 Å². The van der Waals surface area contributed by atoms with Crippen LogP contribution < -0.4 is 5.32 Å². The first kappa shape index (κ1) is 11.4. The van der Waals surface area contributed by atoms with Gasteiger partial charge in [-0.2, -0.15) is 0 Å². The number of hydrogen-bond donors (Lipinski definition) is 1. The van der Waals surface area contributed by atoms with Crippen molar-refractivity contribution in [1.82, 2.24) is 10.2 Å². The molecule has 0 radical (unpaired) electrons. The maximum Gasteiger partial charge on any atom is 0.324 e. The molecule has 1 aliphatic heterocycles. The Bertz CT molecular complexity index is 327. The maximum atomic E-state index is 11.7. The summed E-state index contributed by atoms with van der Waals surface area (Å²) in [4.78, 5) is 24.5. The summed E-state index contributed by atoms with van der Waals surface area (Å²) in [6.45, 7) is 4.72. The molecular weight excluding hydrogens is 208 g/mol. The van der Waals surface area contributed by atoms with E-state index < -0.39 is 0 Å². The van der Waals surface area contributed by atoms with E-state index in [0.29, 0.717) is 13.0 Å². The van der Waals surface area contributed by atoms with Crippen molar-refractivity contribution in [3.05, 3.63) is 0 Å². The number of nitrogens with one attached hydrogen (secondary N) is 1. The van der Waals surface area contributed by atoms with Crippen molar-refractivity contribution in [3.8, 4) is 0 Å². The third-order valence-corrected chi connectivity index (χ3v) is 3.87. The normalized spacial score (nSPS) is 33.3. The third-order valence-electron chi connectivity index (χ3n) is 3.87. The molecule has 1 heterocycles. The summed E-state index contributed by atoms with van der Waals surface area (Å²) >= 11 is 0. The molecule has 1 aliphatic carbocycles. The molecule has 5 heteroatoms. The minimum Gasteiger partial charge on any atom is -0.381 e. The number of amides is 3. The van der Waals surface area contributed by atoms with Crippen LogP contribution in [0.5, 0.6) is 0 Å². The van der Waals surface area contributed by atoms with E-state index in [0.717, 1.165) is 6.42 Å². The van der Waals surface area contributed by atoms with Crippen molar-refractivity contribution in [2.75, 3.05) is 13.7 Å². The predicted octanol–water partition coefficient (Wildman–Crippen LogP) is 0.742. The van der Waals surface area contributed by atoms with Crippen LogP contribution in [0.25, 0.3) is 0 Å². The first-order chi connectivity index (χ1) is 7.46. The quantitative estimate of drug-likeness (QED) is 0.755. The van der Waals surface area contributed by atoms with Crippen LogP contribution >= 0.6 is 0 Å². The summed E-state index contributed by atoms with van der Waals surface area (Å²) in [5, 5.41) is 2.36. The van der Waals surface area contributed by atoms with E-state index in [1.807, 2.05) is 0 Å². The highest BCUT2D eigenvalue weighted by Crippen LogP contribution is 2.45. The van der Waals surface area contributed by atoms with Crippen LogP contribution in [0.3, 0.4) is 0 Å². The summed E-state index contributed by atoms with van der Waals surface area (Å²) in [5.41, 5.74) is -0.0352. The Morgan fingerprint density at radius 1 is 1.44 bits per heavy atom. The lowest BCUT2D eigenvalue weighted by atomic mass is 9.63. The van der Waals surface area contributed by atoms with Crippen LogP contribution in [-0.2, 0) is 9.53 Å². The number of nitrogens with zero attached hydrogens (tertiary/aromatic N) is 1. The zero-order valence-electron chi connectivity index (χ0n) is 9.95. The molecular formula is C11H18N2O3. The fourth-order valence-electron chi connectivity index (χ4n) is 2.67. The second-order valence-corrected chi connectivity index (χ2v) is 5.09. The lowest BCUT2D eigenvalue weighted by molar-refractivity contribution is -0.135. The first-order valence-electron chi connectivity index (χ1n) is 5.60. The fraction of sp³-hybridized carbons (Fsp3) is 0.818. The van der Waals surface area contributed by atoms with Gasteiger partial charge in [-0.25, -0.2) is 4.79 Å². The van der Waals surface area contributed by atoms with Gasteiger partial charge in [0.2, 0.25) is 5.91 Å². The zero-order valence-corrected chi connectivity index (χ0v) is 9.95. The molecule has 2 rings (SSSR count). The zero-order chi connectivity index (χ0) is 11.9. The number of ether oxygens (including phenoxy) is 1. The average Bonchev–Trinajstić information content (AvgIpc) is 2.20. The van der Waals surface area contributed by atoms with Crippen molar-refractivity contribution in [1.29, 1.82) is 0 Å². The number of methoxy groups -OCH3 is 1. The van der Waals surface area contributed by atoms with E-state index in [4.69, 9.17) is 4.74 Å². The Morgan fingerprint density at radius 2 is 2.12 bits per heavy atom. The summed E-state index contributed by atoms with van der Waals surface area (Å²) < 4.78 is 5.35. The van der Waals surface area contributed by atoms with Gasteiger partial charge in [0.05, 0.1) is 6.10 Å². The van der Waals surface area contributed by atoms with E-state index in [-0.39, 0.29) is 29.5 Å². The van der Waals surface area contributed by atoms with E-state index in [2.05, 4.69) is 19.2 Å². The van der Waals surface area contributed by atoms with Crippen LogP contribution in [0.15, 0.2) is 0 Å². The predicted molar refractivity (Wildman–Crippen MR) is 57.8 cm³/mol. The number of imide groups is 1. The van der Waals surface area contributed by atoms with Gasteiger partial charge in [0.15, 0.2) is 0 Å². The molecule has 3 amide bonds. The highest BCUT2D eigenvalue weighted by atomic mass is 16.5. The SMILES string of the molecule is COC1CC(N2CCC(=O)NC2=O)C1(C)C. The van der Waals surface area contributed by atoms with E-state index >= 15 is 0 Å². The van der Waals surface area contributed by atoms with Crippen LogP contribution in [0.4, 0.5) is 4.79 Å². The molecule has 2 fully saturated rings. The fourth-order valence-corrected chi connectivity index (χ4v) is 2.67. The molecule has 0 bridgehead atoms. The summed E-state index contributed by atoms with van der Waals surface area (Å²) in [5.74, 6) is -0.179. The van der Waals surface area contributed by atoms with Crippen molar-refractivity contribution < 1.29 is 14.3 Å². The second kappa shape index (κ2) is 3.73. The molecule has 0 spiro atoms. The van der Waals surface area contributed by atoms with Gasteiger partial charge in [0.1, 0.15) is 0 Å². The minimum absolute atomic E-state index is 0.0352. The number of rotatable bonds is 2. The van der Waals surface area contributed by atoms with E-state index in [1.54, 1.807) is 12.0 Å². The Kier molecular flexibility index (Phi) is 2.66. The lowest BCUT2D eigenvalue weighted by Gasteiger charge is -2.55. The number of urea groups is 1. The topological polar surface area (TPSA) is 58.6 Å². The minimum atomic E-state index is -0.260. The highest BCUT2D eigenvalue weighted by Gasteiger charge is 2.53. The Balaban J connectivity index is 2.05. The molecule has 2 unspecified atom stereocenters. The van der Waals surface area contributed by atoms with Gasteiger partial charge in [-0.15, -0.1) is 0 Å². The smallest absolute Gasteiger partial charge is 0.324 e. The Hall–Kier alpha value is -1.10. The molecule has 5 nitrogen and oxygen atoms in total. The molecule has 1 saturated carbocycles. The Labute approximate surface area is 95.1 Å². The third kappa shape index (κ3) is 1.59. The second-order valence-electron chi connectivity index (χ2n) is 5.09. The van der Waals surface area contributed by atoms with Crippen molar-refractivity contribution in [2.24, 2.45) is 5.41 Å². The molecule has 16 heavy (non-hydrogen) atoms. The van der Waals surface area contributed by atoms with E-state index in [9.17, 15) is 9.59 Å². The molecule has 2 atom stereocenters. The first-order valence-corrected chi connectivity index (χ1v) is 5.60. The van der Waals surface area contributed by atoms with E-state index in [1.165, 1.54) is 0 Å². The van der Waals surface area contributed by atoms with Crippen LogP contribution in [0, 0.1) is 5.41 Å². The number of hydrogen-bond acceptors (Lipinski definition) is 3. The van der Waals surface area contributed by atoms with Gasteiger partial charge in [-0.1, -0.05) is 13.8 Å². The molecule has 1 saturated heterocycles. The molecule has 0 aromatic rings. The molecule has 90 valence electrons. The van der Waals surface area contributed by atoms with Gasteiger partial charge in [0.25, 0.3) is 0 Å². The largest absolute Gasteiger partial charge is 0.381 e. The van der Waals surface area contributed by atoms with Crippen molar-refractivity contribution in [3.63, 3.8) is 0 Å². The van der Waals surface area contributed by atoms with Crippen LogP contribution in [0.2, 0.25) is 0 Å². The van der Waals surface area contributed by atoms with Gasteiger partial charge < -0.3 is 9.64 Å². The lowest BCUT2D eigenvalue weighted by Crippen LogP contribution is -2.66. The molecule has 0 aromatic carbocycles.